The summed E-state index contributed by atoms with van der Waals surface area (Å²) < 4.78 is 0. The molecular weight excluding hydrogens is 194 g/mol. The van der Waals surface area contributed by atoms with Crippen molar-refractivity contribution in [2.45, 2.75) is 46.1 Å². The maximum absolute atomic E-state index is 3.73. The van der Waals surface area contributed by atoms with Crippen molar-refractivity contribution in [3.05, 3.63) is 35.4 Å². The predicted octanol–water partition coefficient (Wildman–Crippen LogP) is 3.84. The lowest BCUT2D eigenvalue weighted by atomic mass is 9.89. The Morgan fingerprint density at radius 2 is 2.00 bits per heavy atom. The van der Waals surface area contributed by atoms with Gasteiger partial charge in [-0.3, -0.25) is 0 Å². The molecule has 0 bridgehead atoms. The first-order chi connectivity index (χ1) is 7.67. The molecule has 1 aliphatic carbocycles. The second kappa shape index (κ2) is 4.58. The van der Waals surface area contributed by atoms with E-state index in [1.807, 2.05) is 0 Å². The van der Waals surface area contributed by atoms with Crippen molar-refractivity contribution in [1.82, 2.24) is 5.32 Å². The van der Waals surface area contributed by atoms with Crippen molar-refractivity contribution in [3.8, 4) is 0 Å². The molecule has 1 aromatic carbocycles. The highest BCUT2D eigenvalue weighted by Gasteiger charge is 2.45. The Hall–Kier alpha value is -0.820. The van der Waals surface area contributed by atoms with Crippen LogP contribution in [0.25, 0.3) is 0 Å². The standard InChI is InChI=1S/C15H23N/c1-4-11-16-14(15(3)9-10-15)13-8-6-5-7-12(13)2/h5-8,14,16H,4,9-11H2,1-3H3. The van der Waals surface area contributed by atoms with Gasteiger partial charge in [-0.1, -0.05) is 38.1 Å². The van der Waals surface area contributed by atoms with Gasteiger partial charge in [-0.05, 0) is 49.3 Å². The average molecular weight is 217 g/mol. The Morgan fingerprint density at radius 3 is 2.56 bits per heavy atom. The largest absolute Gasteiger partial charge is 0.309 e. The van der Waals surface area contributed by atoms with Gasteiger partial charge < -0.3 is 5.32 Å². The van der Waals surface area contributed by atoms with Crippen LogP contribution < -0.4 is 5.32 Å². The molecule has 1 fully saturated rings. The zero-order chi connectivity index (χ0) is 11.6. The molecule has 0 spiro atoms. The monoisotopic (exact) mass is 217 g/mol. The van der Waals surface area contributed by atoms with Crippen LogP contribution >= 0.6 is 0 Å². The molecular formula is C15H23N. The van der Waals surface area contributed by atoms with E-state index in [2.05, 4.69) is 50.4 Å². The fourth-order valence-electron chi connectivity index (χ4n) is 2.42. The smallest absolute Gasteiger partial charge is 0.0377 e. The van der Waals surface area contributed by atoms with Crippen LogP contribution in [0.5, 0.6) is 0 Å². The van der Waals surface area contributed by atoms with Crippen molar-refractivity contribution in [1.29, 1.82) is 0 Å². The van der Waals surface area contributed by atoms with Crippen LogP contribution in [-0.4, -0.2) is 6.54 Å². The molecule has 0 radical (unpaired) electrons. The molecule has 0 aliphatic heterocycles. The molecule has 1 aliphatic rings. The van der Waals surface area contributed by atoms with E-state index >= 15 is 0 Å². The van der Waals surface area contributed by atoms with E-state index in [-0.39, 0.29) is 0 Å². The highest BCUT2D eigenvalue weighted by atomic mass is 14.9. The van der Waals surface area contributed by atoms with Crippen LogP contribution in [0.15, 0.2) is 24.3 Å². The van der Waals surface area contributed by atoms with E-state index in [1.165, 1.54) is 30.4 Å². The van der Waals surface area contributed by atoms with Crippen LogP contribution in [0.1, 0.15) is 50.3 Å². The van der Waals surface area contributed by atoms with Gasteiger partial charge in [-0.25, -0.2) is 0 Å². The summed E-state index contributed by atoms with van der Waals surface area (Å²) in [6.45, 7) is 7.99. The molecule has 0 saturated heterocycles. The molecule has 0 aromatic heterocycles. The zero-order valence-electron chi connectivity index (χ0n) is 10.7. The zero-order valence-corrected chi connectivity index (χ0v) is 10.7. The maximum Gasteiger partial charge on any atom is 0.0377 e. The van der Waals surface area contributed by atoms with E-state index in [0.29, 0.717) is 11.5 Å². The summed E-state index contributed by atoms with van der Waals surface area (Å²) in [5.74, 6) is 0. The molecule has 0 heterocycles. The van der Waals surface area contributed by atoms with Crippen molar-refractivity contribution in [2.75, 3.05) is 6.54 Å². The van der Waals surface area contributed by atoms with Crippen LogP contribution in [0.3, 0.4) is 0 Å². The molecule has 2 rings (SSSR count). The Bertz CT molecular complexity index is 352. The van der Waals surface area contributed by atoms with Crippen molar-refractivity contribution < 1.29 is 0 Å². The van der Waals surface area contributed by atoms with E-state index in [0.717, 1.165) is 6.54 Å². The normalized spacial score (nSPS) is 19.4. The Morgan fingerprint density at radius 1 is 1.31 bits per heavy atom. The fourth-order valence-corrected chi connectivity index (χ4v) is 2.42. The summed E-state index contributed by atoms with van der Waals surface area (Å²) in [7, 11) is 0. The van der Waals surface area contributed by atoms with Gasteiger partial charge in [0.05, 0.1) is 0 Å². The topological polar surface area (TPSA) is 12.0 Å². The minimum Gasteiger partial charge on any atom is -0.309 e. The maximum atomic E-state index is 3.73. The SMILES string of the molecule is CCCNC(c1ccccc1C)C1(C)CC1. The molecule has 1 aromatic rings. The van der Waals surface area contributed by atoms with Gasteiger partial charge in [0, 0.05) is 6.04 Å². The quantitative estimate of drug-likeness (QED) is 0.790. The van der Waals surface area contributed by atoms with Gasteiger partial charge in [0.1, 0.15) is 0 Å². The van der Waals surface area contributed by atoms with Gasteiger partial charge in [0.15, 0.2) is 0 Å². The molecule has 1 N–H and O–H groups in total. The first-order valence-corrected chi connectivity index (χ1v) is 6.46. The Kier molecular flexibility index (Phi) is 3.34. The van der Waals surface area contributed by atoms with E-state index in [9.17, 15) is 0 Å². The second-order valence-electron chi connectivity index (χ2n) is 5.40. The summed E-state index contributed by atoms with van der Waals surface area (Å²) in [6.07, 6.45) is 3.93. The number of hydrogen-bond acceptors (Lipinski definition) is 1. The Balaban J connectivity index is 2.21. The summed E-state index contributed by atoms with van der Waals surface area (Å²) in [5, 5.41) is 3.73. The highest BCUT2D eigenvalue weighted by Crippen LogP contribution is 2.54. The lowest BCUT2D eigenvalue weighted by molar-refractivity contribution is 0.365. The fraction of sp³-hybridized carbons (Fsp3) is 0.600. The molecule has 16 heavy (non-hydrogen) atoms. The minimum absolute atomic E-state index is 0.501. The lowest BCUT2D eigenvalue weighted by Gasteiger charge is -2.27. The van der Waals surface area contributed by atoms with Gasteiger partial charge in [0.2, 0.25) is 0 Å². The van der Waals surface area contributed by atoms with E-state index in [4.69, 9.17) is 0 Å². The second-order valence-corrected chi connectivity index (χ2v) is 5.40. The number of nitrogens with one attached hydrogen (secondary N) is 1. The third-order valence-electron chi connectivity index (χ3n) is 3.83. The van der Waals surface area contributed by atoms with Crippen LogP contribution in [0.2, 0.25) is 0 Å². The molecule has 1 saturated carbocycles. The number of rotatable bonds is 5. The minimum atomic E-state index is 0.501. The molecule has 0 amide bonds. The molecule has 1 atom stereocenters. The van der Waals surface area contributed by atoms with Gasteiger partial charge in [-0.15, -0.1) is 0 Å². The van der Waals surface area contributed by atoms with Crippen LogP contribution in [-0.2, 0) is 0 Å². The van der Waals surface area contributed by atoms with Gasteiger partial charge >= 0.3 is 0 Å². The van der Waals surface area contributed by atoms with Gasteiger partial charge in [-0.2, -0.15) is 0 Å². The highest BCUT2D eigenvalue weighted by molar-refractivity contribution is 5.31. The van der Waals surface area contributed by atoms with Crippen LogP contribution in [0.4, 0.5) is 0 Å². The van der Waals surface area contributed by atoms with Crippen molar-refractivity contribution in [2.24, 2.45) is 5.41 Å². The van der Waals surface area contributed by atoms with Gasteiger partial charge in [0.25, 0.3) is 0 Å². The first-order valence-electron chi connectivity index (χ1n) is 6.46. The number of aryl methyl sites for hydroxylation is 1. The van der Waals surface area contributed by atoms with Crippen molar-refractivity contribution >= 4 is 0 Å². The lowest BCUT2D eigenvalue weighted by Crippen LogP contribution is -2.29. The number of hydrogen-bond donors (Lipinski definition) is 1. The third kappa shape index (κ3) is 2.30. The average Bonchev–Trinajstić information content (AvgIpc) is 3.00. The summed E-state index contributed by atoms with van der Waals surface area (Å²) in [5.41, 5.74) is 3.42. The Labute approximate surface area is 99.3 Å². The predicted molar refractivity (Wildman–Crippen MR) is 69.6 cm³/mol. The van der Waals surface area contributed by atoms with E-state index < -0.39 is 0 Å². The van der Waals surface area contributed by atoms with E-state index in [1.54, 1.807) is 0 Å². The van der Waals surface area contributed by atoms with Crippen molar-refractivity contribution in [3.63, 3.8) is 0 Å². The summed E-state index contributed by atoms with van der Waals surface area (Å²) in [6, 6.07) is 9.35. The number of benzene rings is 1. The molecule has 1 unspecified atom stereocenters. The third-order valence-corrected chi connectivity index (χ3v) is 3.83. The summed E-state index contributed by atoms with van der Waals surface area (Å²) >= 11 is 0. The first kappa shape index (κ1) is 11.7. The summed E-state index contributed by atoms with van der Waals surface area (Å²) in [4.78, 5) is 0. The molecule has 1 heteroatoms. The van der Waals surface area contributed by atoms with Crippen LogP contribution in [0, 0.1) is 12.3 Å². The molecule has 88 valence electrons. The molecule has 1 nitrogen and oxygen atoms in total.